The Kier molecular flexibility index (Phi) is 8.35. The summed E-state index contributed by atoms with van der Waals surface area (Å²) in [7, 11) is 0. The van der Waals surface area contributed by atoms with Crippen LogP contribution in [0.15, 0.2) is 65.6 Å². The molecule has 1 aliphatic heterocycles. The molecule has 2 amide bonds. The van der Waals surface area contributed by atoms with Crippen molar-refractivity contribution in [3.05, 3.63) is 102 Å². The third kappa shape index (κ3) is 5.99. The third-order valence-corrected chi connectivity index (χ3v) is 6.93. The summed E-state index contributed by atoms with van der Waals surface area (Å²) in [5.41, 5.74) is 0.737. The summed E-state index contributed by atoms with van der Waals surface area (Å²) in [5, 5.41) is 11.2. The summed E-state index contributed by atoms with van der Waals surface area (Å²) in [6.07, 6.45) is 1.52. The number of carbonyl (C=O) groups is 3. The van der Waals surface area contributed by atoms with Crippen LogP contribution in [0.1, 0.15) is 28.4 Å². The van der Waals surface area contributed by atoms with Gasteiger partial charge in [-0.05, 0) is 60.7 Å². The van der Waals surface area contributed by atoms with E-state index in [2.05, 4.69) is 0 Å². The van der Waals surface area contributed by atoms with E-state index >= 15 is 0 Å². The monoisotopic (exact) mass is 572 g/mol. The number of nitro benzene ring substituents is 1. The molecule has 1 heterocycles. The van der Waals surface area contributed by atoms with Crippen molar-refractivity contribution >= 4 is 63.8 Å². The number of non-ortho nitro benzene ring substituents is 1. The quantitative estimate of drug-likeness (QED) is 0.0955. The number of thioether (sulfide) groups is 1. The van der Waals surface area contributed by atoms with Gasteiger partial charge in [-0.3, -0.25) is 24.6 Å². The summed E-state index contributed by atoms with van der Waals surface area (Å²) in [6, 6.07) is 14.7. The number of hydrogen-bond acceptors (Lipinski definition) is 8. The molecule has 0 unspecified atom stereocenters. The molecule has 0 spiro atoms. The molecule has 3 aromatic carbocycles. The number of benzene rings is 3. The molecule has 4 rings (SSSR count). The van der Waals surface area contributed by atoms with Crippen LogP contribution in [0.3, 0.4) is 0 Å². The van der Waals surface area contributed by atoms with Gasteiger partial charge >= 0.3 is 5.97 Å². The molecule has 12 heteroatoms. The second-order valence-corrected chi connectivity index (χ2v) is 9.61. The fourth-order valence-corrected chi connectivity index (χ4v) is 4.86. The minimum absolute atomic E-state index is 0.00183. The Balaban J connectivity index is 1.55. The van der Waals surface area contributed by atoms with Crippen molar-refractivity contribution in [1.29, 1.82) is 0 Å². The first-order valence-corrected chi connectivity index (χ1v) is 12.7. The van der Waals surface area contributed by atoms with E-state index in [0.29, 0.717) is 21.2 Å². The van der Waals surface area contributed by atoms with Crippen LogP contribution in [0.5, 0.6) is 11.5 Å². The van der Waals surface area contributed by atoms with Crippen LogP contribution in [0.4, 0.5) is 10.5 Å². The number of hydrogen-bond donors (Lipinski definition) is 0. The zero-order chi connectivity index (χ0) is 27.4. The first kappa shape index (κ1) is 27.2. The predicted molar refractivity (Wildman–Crippen MR) is 144 cm³/mol. The van der Waals surface area contributed by atoms with E-state index in [1.54, 1.807) is 37.3 Å². The number of nitrogens with zero attached hydrogens (tertiary/aromatic N) is 2. The number of imide groups is 1. The number of nitro groups is 1. The zero-order valence-electron chi connectivity index (χ0n) is 19.7. The molecule has 1 fully saturated rings. The molecule has 0 saturated carbocycles. The number of rotatable bonds is 8. The minimum Gasteiger partial charge on any atom is -0.490 e. The maximum Gasteiger partial charge on any atom is 0.343 e. The summed E-state index contributed by atoms with van der Waals surface area (Å²) in [4.78, 5) is 49.8. The Morgan fingerprint density at radius 1 is 1.05 bits per heavy atom. The lowest BCUT2D eigenvalue weighted by Crippen LogP contribution is -2.27. The van der Waals surface area contributed by atoms with Crippen LogP contribution in [0.25, 0.3) is 6.08 Å². The zero-order valence-corrected chi connectivity index (χ0v) is 22.0. The lowest BCUT2D eigenvalue weighted by atomic mass is 10.1. The molecule has 0 aromatic heterocycles. The van der Waals surface area contributed by atoms with Gasteiger partial charge in [0.2, 0.25) is 0 Å². The largest absolute Gasteiger partial charge is 0.490 e. The van der Waals surface area contributed by atoms with Crippen molar-refractivity contribution in [2.75, 3.05) is 6.61 Å². The van der Waals surface area contributed by atoms with Crippen molar-refractivity contribution in [2.45, 2.75) is 13.5 Å². The normalized spacial score (nSPS) is 14.2. The lowest BCUT2D eigenvalue weighted by Gasteiger charge is -2.14. The molecular weight excluding hydrogens is 555 g/mol. The molecule has 38 heavy (non-hydrogen) atoms. The highest BCUT2D eigenvalue weighted by Crippen LogP contribution is 2.37. The Hall–Kier alpha value is -3.86. The van der Waals surface area contributed by atoms with Gasteiger partial charge in [-0.25, -0.2) is 4.79 Å². The summed E-state index contributed by atoms with van der Waals surface area (Å²) >= 11 is 13.2. The van der Waals surface area contributed by atoms with Gasteiger partial charge in [-0.1, -0.05) is 41.4 Å². The number of carbonyl (C=O) groups excluding carboxylic acids is 3. The number of amides is 2. The molecule has 0 N–H and O–H groups in total. The van der Waals surface area contributed by atoms with Crippen LogP contribution in [0.2, 0.25) is 10.0 Å². The molecule has 0 atom stereocenters. The van der Waals surface area contributed by atoms with Crippen molar-refractivity contribution in [3.63, 3.8) is 0 Å². The van der Waals surface area contributed by atoms with Crippen molar-refractivity contribution < 1.29 is 28.8 Å². The first-order chi connectivity index (χ1) is 18.2. The van der Waals surface area contributed by atoms with E-state index in [9.17, 15) is 24.5 Å². The number of esters is 1. The highest BCUT2D eigenvalue weighted by molar-refractivity contribution is 8.18. The SMILES string of the molecule is CCOc1cc(/C=C2\SC(=O)N(Cc3c(Cl)cccc3Cl)C2=O)ccc1OC(=O)c1cccc([N+](=O)[O-])c1. The van der Waals surface area contributed by atoms with Gasteiger partial charge in [0.05, 0.1) is 28.5 Å². The van der Waals surface area contributed by atoms with Gasteiger partial charge in [-0.15, -0.1) is 0 Å². The van der Waals surface area contributed by atoms with E-state index in [1.165, 1.54) is 30.3 Å². The molecule has 194 valence electrons. The average Bonchev–Trinajstić information content (AvgIpc) is 3.15. The molecule has 0 radical (unpaired) electrons. The van der Waals surface area contributed by atoms with Gasteiger partial charge < -0.3 is 9.47 Å². The molecule has 0 aliphatic carbocycles. The Labute approximate surface area is 231 Å². The van der Waals surface area contributed by atoms with Crippen LogP contribution >= 0.6 is 35.0 Å². The Morgan fingerprint density at radius 3 is 2.45 bits per heavy atom. The predicted octanol–water partition coefficient (Wildman–Crippen LogP) is 6.76. The van der Waals surface area contributed by atoms with Crippen LogP contribution in [-0.4, -0.2) is 33.5 Å². The van der Waals surface area contributed by atoms with Crippen LogP contribution in [0, 0.1) is 10.1 Å². The second kappa shape index (κ2) is 11.7. The highest BCUT2D eigenvalue weighted by atomic mass is 35.5. The van der Waals surface area contributed by atoms with Crippen molar-refractivity contribution in [1.82, 2.24) is 4.90 Å². The maximum atomic E-state index is 13.0. The van der Waals surface area contributed by atoms with E-state index in [-0.39, 0.29) is 40.8 Å². The minimum atomic E-state index is -0.804. The topological polar surface area (TPSA) is 116 Å². The number of halogens is 2. The molecule has 3 aromatic rings. The van der Waals surface area contributed by atoms with Gasteiger partial charge in [-0.2, -0.15) is 0 Å². The fourth-order valence-electron chi connectivity index (χ4n) is 3.50. The van der Waals surface area contributed by atoms with E-state index in [1.807, 2.05) is 0 Å². The smallest absolute Gasteiger partial charge is 0.343 e. The Morgan fingerprint density at radius 2 is 1.76 bits per heavy atom. The highest BCUT2D eigenvalue weighted by Gasteiger charge is 2.35. The molecule has 1 saturated heterocycles. The lowest BCUT2D eigenvalue weighted by molar-refractivity contribution is -0.384. The summed E-state index contributed by atoms with van der Waals surface area (Å²) in [6.45, 7) is 1.92. The van der Waals surface area contributed by atoms with Crippen molar-refractivity contribution in [2.24, 2.45) is 0 Å². The van der Waals surface area contributed by atoms with Crippen LogP contribution < -0.4 is 9.47 Å². The fraction of sp³-hybridized carbons (Fsp3) is 0.115. The molecule has 1 aliphatic rings. The third-order valence-electron chi connectivity index (χ3n) is 5.31. The van der Waals surface area contributed by atoms with Gasteiger partial charge in [0, 0.05) is 27.7 Å². The molecule has 9 nitrogen and oxygen atoms in total. The van der Waals surface area contributed by atoms with Crippen molar-refractivity contribution in [3.8, 4) is 11.5 Å². The molecule has 0 bridgehead atoms. The van der Waals surface area contributed by atoms with Gasteiger partial charge in [0.1, 0.15) is 0 Å². The van der Waals surface area contributed by atoms with Gasteiger partial charge in [0.25, 0.3) is 16.8 Å². The Bertz CT molecular complexity index is 1470. The second-order valence-electron chi connectivity index (χ2n) is 7.80. The number of ether oxygens (including phenoxy) is 2. The van der Waals surface area contributed by atoms with Gasteiger partial charge in [0.15, 0.2) is 11.5 Å². The summed E-state index contributed by atoms with van der Waals surface area (Å²) in [5.74, 6) is -1.01. The van der Waals surface area contributed by atoms with E-state index in [4.69, 9.17) is 32.7 Å². The van der Waals surface area contributed by atoms with E-state index < -0.39 is 22.0 Å². The molecular formula is C26H18Cl2N2O7S. The van der Waals surface area contributed by atoms with Crippen LogP contribution in [-0.2, 0) is 11.3 Å². The first-order valence-electron chi connectivity index (χ1n) is 11.1. The van der Waals surface area contributed by atoms with E-state index in [0.717, 1.165) is 22.7 Å². The summed E-state index contributed by atoms with van der Waals surface area (Å²) < 4.78 is 11.0. The maximum absolute atomic E-state index is 13.0. The average molecular weight is 573 g/mol. The standard InChI is InChI=1S/C26H18Cl2N2O7S/c1-2-36-22-11-15(9-10-21(22)37-25(32)16-5-3-6-17(13-16)30(34)35)12-23-24(31)29(26(33)38-23)14-18-19(27)7-4-8-20(18)28/h3-13H,2,14H2,1H3/b23-12-.